The summed E-state index contributed by atoms with van der Waals surface area (Å²) in [6, 6.07) is 1.93. The lowest BCUT2D eigenvalue weighted by molar-refractivity contribution is 0.138. The molecule has 3 nitrogen and oxygen atoms in total. The van der Waals surface area contributed by atoms with Crippen LogP contribution < -0.4 is 4.74 Å². The van der Waals surface area contributed by atoms with Gasteiger partial charge in [0.15, 0.2) is 0 Å². The van der Waals surface area contributed by atoms with Gasteiger partial charge in [0.25, 0.3) is 0 Å². The maximum atomic E-state index is 5.65. The molecule has 0 saturated carbocycles. The Morgan fingerprint density at radius 2 is 2.50 bits per heavy atom. The fourth-order valence-electron chi connectivity index (χ4n) is 1.35. The number of hydrogen-bond donors (Lipinski definition) is 0. The van der Waals surface area contributed by atoms with Gasteiger partial charge >= 0.3 is 0 Å². The van der Waals surface area contributed by atoms with Crippen LogP contribution in [0.3, 0.4) is 0 Å². The van der Waals surface area contributed by atoms with Gasteiger partial charge in [0, 0.05) is 23.2 Å². The standard InChI is InChI=1S/C10H12BrNO2/c1-7-4-10(12-5-9(7)11)14-8-2-3-13-6-8/h4-5,8H,2-3,6H2,1H3. The van der Waals surface area contributed by atoms with Crippen molar-refractivity contribution < 1.29 is 9.47 Å². The van der Waals surface area contributed by atoms with Crippen molar-refractivity contribution in [3.8, 4) is 5.88 Å². The average Bonchev–Trinajstić information content (AvgIpc) is 2.64. The zero-order chi connectivity index (χ0) is 9.97. The van der Waals surface area contributed by atoms with Crippen LogP contribution in [0.15, 0.2) is 16.7 Å². The Kier molecular flexibility index (Phi) is 3.03. The van der Waals surface area contributed by atoms with Crippen LogP contribution in [-0.2, 0) is 4.74 Å². The first-order chi connectivity index (χ1) is 6.75. The van der Waals surface area contributed by atoms with Gasteiger partial charge in [0.05, 0.1) is 13.2 Å². The summed E-state index contributed by atoms with van der Waals surface area (Å²) in [5, 5.41) is 0. The highest BCUT2D eigenvalue weighted by Gasteiger charge is 2.17. The number of aromatic nitrogens is 1. The van der Waals surface area contributed by atoms with E-state index in [-0.39, 0.29) is 6.10 Å². The largest absolute Gasteiger partial charge is 0.472 e. The van der Waals surface area contributed by atoms with Crippen LogP contribution in [0.1, 0.15) is 12.0 Å². The molecule has 1 aromatic rings. The molecule has 1 unspecified atom stereocenters. The van der Waals surface area contributed by atoms with E-state index in [4.69, 9.17) is 9.47 Å². The van der Waals surface area contributed by atoms with Gasteiger partial charge in [-0.25, -0.2) is 4.98 Å². The average molecular weight is 258 g/mol. The Morgan fingerprint density at radius 3 is 3.14 bits per heavy atom. The van der Waals surface area contributed by atoms with Gasteiger partial charge in [-0.2, -0.15) is 0 Å². The molecule has 0 radical (unpaired) electrons. The zero-order valence-electron chi connectivity index (χ0n) is 8.00. The van der Waals surface area contributed by atoms with Crippen molar-refractivity contribution in [1.29, 1.82) is 0 Å². The molecule has 1 aliphatic heterocycles. The third-order valence-corrected chi connectivity index (χ3v) is 3.03. The Hall–Kier alpha value is -0.610. The second-order valence-corrected chi connectivity index (χ2v) is 4.23. The molecule has 0 aromatic carbocycles. The Labute approximate surface area is 91.6 Å². The van der Waals surface area contributed by atoms with E-state index in [0.717, 1.165) is 23.1 Å². The fourth-order valence-corrected chi connectivity index (χ4v) is 1.57. The molecular formula is C10H12BrNO2. The minimum atomic E-state index is 0.170. The van der Waals surface area contributed by atoms with E-state index in [9.17, 15) is 0 Å². The van der Waals surface area contributed by atoms with Crippen molar-refractivity contribution in [3.05, 3.63) is 22.3 Å². The van der Waals surface area contributed by atoms with E-state index in [0.29, 0.717) is 12.5 Å². The summed E-state index contributed by atoms with van der Waals surface area (Å²) in [5.74, 6) is 0.682. The SMILES string of the molecule is Cc1cc(OC2CCOC2)ncc1Br. The highest BCUT2D eigenvalue weighted by atomic mass is 79.9. The monoisotopic (exact) mass is 257 g/mol. The van der Waals surface area contributed by atoms with Crippen molar-refractivity contribution in [1.82, 2.24) is 4.98 Å². The van der Waals surface area contributed by atoms with Gasteiger partial charge in [-0.3, -0.25) is 0 Å². The van der Waals surface area contributed by atoms with Gasteiger partial charge in [-0.15, -0.1) is 0 Å². The molecule has 2 rings (SSSR count). The smallest absolute Gasteiger partial charge is 0.213 e. The molecule has 1 atom stereocenters. The first-order valence-corrected chi connectivity index (χ1v) is 5.41. The second kappa shape index (κ2) is 4.28. The molecule has 1 fully saturated rings. The molecule has 1 saturated heterocycles. The number of hydrogen-bond acceptors (Lipinski definition) is 3. The summed E-state index contributed by atoms with van der Waals surface area (Å²) >= 11 is 3.40. The van der Waals surface area contributed by atoms with Crippen molar-refractivity contribution in [2.75, 3.05) is 13.2 Å². The quantitative estimate of drug-likeness (QED) is 0.815. The molecule has 0 amide bonds. The van der Waals surface area contributed by atoms with Crippen molar-refractivity contribution in [2.45, 2.75) is 19.4 Å². The van der Waals surface area contributed by atoms with Crippen molar-refractivity contribution in [2.24, 2.45) is 0 Å². The van der Waals surface area contributed by atoms with E-state index in [1.165, 1.54) is 0 Å². The van der Waals surface area contributed by atoms with Crippen molar-refractivity contribution in [3.63, 3.8) is 0 Å². The van der Waals surface area contributed by atoms with Crippen molar-refractivity contribution >= 4 is 15.9 Å². The van der Waals surface area contributed by atoms with Gasteiger partial charge in [-0.05, 0) is 28.4 Å². The summed E-state index contributed by atoms with van der Waals surface area (Å²) in [4.78, 5) is 4.18. The van der Waals surface area contributed by atoms with Crippen LogP contribution in [0, 0.1) is 6.92 Å². The number of nitrogens with zero attached hydrogens (tertiary/aromatic N) is 1. The summed E-state index contributed by atoms with van der Waals surface area (Å²) in [5.41, 5.74) is 1.13. The van der Waals surface area contributed by atoms with Gasteiger partial charge in [-0.1, -0.05) is 0 Å². The number of pyridine rings is 1. The maximum absolute atomic E-state index is 5.65. The molecule has 76 valence electrons. The molecule has 0 bridgehead atoms. The first kappa shape index (κ1) is 9.93. The van der Waals surface area contributed by atoms with Crippen LogP contribution in [0.25, 0.3) is 0 Å². The molecule has 4 heteroatoms. The van der Waals surface area contributed by atoms with E-state index >= 15 is 0 Å². The molecule has 0 spiro atoms. The van der Waals surface area contributed by atoms with E-state index in [1.807, 2.05) is 13.0 Å². The summed E-state index contributed by atoms with van der Waals surface area (Å²) in [6.45, 7) is 3.49. The van der Waals surface area contributed by atoms with Gasteiger partial charge in [0.2, 0.25) is 5.88 Å². The highest BCUT2D eigenvalue weighted by molar-refractivity contribution is 9.10. The molecule has 0 aliphatic carbocycles. The summed E-state index contributed by atoms with van der Waals surface area (Å²) < 4.78 is 11.9. The van der Waals surface area contributed by atoms with E-state index < -0.39 is 0 Å². The molecule has 14 heavy (non-hydrogen) atoms. The number of rotatable bonds is 2. The third kappa shape index (κ3) is 2.25. The topological polar surface area (TPSA) is 31.4 Å². The third-order valence-electron chi connectivity index (χ3n) is 2.20. The van der Waals surface area contributed by atoms with Gasteiger partial charge in [0.1, 0.15) is 6.10 Å². The van der Waals surface area contributed by atoms with E-state index in [2.05, 4.69) is 20.9 Å². The fraction of sp³-hybridized carbons (Fsp3) is 0.500. The van der Waals surface area contributed by atoms with Crippen LogP contribution >= 0.6 is 15.9 Å². The molecular weight excluding hydrogens is 246 g/mol. The minimum Gasteiger partial charge on any atom is -0.472 e. The predicted molar refractivity (Wildman–Crippen MR) is 56.5 cm³/mol. The Morgan fingerprint density at radius 1 is 1.64 bits per heavy atom. The maximum Gasteiger partial charge on any atom is 0.213 e. The Bertz CT molecular complexity index is 324. The summed E-state index contributed by atoms with van der Waals surface area (Å²) in [6.07, 6.45) is 2.89. The van der Waals surface area contributed by atoms with Crippen LogP contribution in [0.5, 0.6) is 5.88 Å². The Balaban J connectivity index is 2.05. The molecule has 1 aliphatic rings. The highest BCUT2D eigenvalue weighted by Crippen LogP contribution is 2.20. The normalized spacial score (nSPS) is 21.1. The predicted octanol–water partition coefficient (Wildman–Crippen LogP) is 2.32. The van der Waals surface area contributed by atoms with Crippen LogP contribution in [0.4, 0.5) is 0 Å². The summed E-state index contributed by atoms with van der Waals surface area (Å²) in [7, 11) is 0. The van der Waals surface area contributed by atoms with E-state index in [1.54, 1.807) is 6.20 Å². The van der Waals surface area contributed by atoms with Crippen LogP contribution in [-0.4, -0.2) is 24.3 Å². The number of halogens is 1. The van der Waals surface area contributed by atoms with Gasteiger partial charge < -0.3 is 9.47 Å². The number of aryl methyl sites for hydroxylation is 1. The minimum absolute atomic E-state index is 0.170. The second-order valence-electron chi connectivity index (χ2n) is 3.38. The molecule has 1 aromatic heterocycles. The zero-order valence-corrected chi connectivity index (χ0v) is 9.58. The lowest BCUT2D eigenvalue weighted by Gasteiger charge is -2.11. The molecule has 2 heterocycles. The lowest BCUT2D eigenvalue weighted by atomic mass is 10.3. The lowest BCUT2D eigenvalue weighted by Crippen LogP contribution is -2.16. The molecule has 0 N–H and O–H groups in total. The first-order valence-electron chi connectivity index (χ1n) is 4.62. The number of ether oxygens (including phenoxy) is 2. The van der Waals surface area contributed by atoms with Crippen LogP contribution in [0.2, 0.25) is 0 Å².